The molecule has 1 aliphatic carbocycles. The van der Waals surface area contributed by atoms with Crippen LogP contribution in [0.15, 0.2) is 30.5 Å². The molecule has 1 saturated carbocycles. The van der Waals surface area contributed by atoms with Crippen LogP contribution in [0.25, 0.3) is 5.57 Å². The summed E-state index contributed by atoms with van der Waals surface area (Å²) in [7, 11) is 0. The number of hydrogen-bond acceptors (Lipinski definition) is 10. The highest BCUT2D eigenvalue weighted by Crippen LogP contribution is 2.38. The van der Waals surface area contributed by atoms with Crippen molar-refractivity contribution >= 4 is 17.3 Å². The van der Waals surface area contributed by atoms with E-state index in [2.05, 4.69) is 5.32 Å². The van der Waals surface area contributed by atoms with Crippen molar-refractivity contribution in [1.29, 1.82) is 0 Å². The first-order valence-electron chi connectivity index (χ1n) is 11.1. The molecule has 1 aromatic rings. The molecule has 34 heavy (non-hydrogen) atoms. The molecule has 1 amide bonds. The largest absolute Gasteiger partial charge is 0.508 e. The second-order valence-corrected chi connectivity index (χ2v) is 8.87. The first-order valence-corrected chi connectivity index (χ1v) is 11.1. The highest BCUT2D eigenvalue weighted by atomic mass is 16.7. The molecule has 0 bridgehead atoms. The molecule has 0 aromatic heterocycles. The molecule has 9 atom stereocenters. The van der Waals surface area contributed by atoms with Gasteiger partial charge in [-0.05, 0) is 17.7 Å². The van der Waals surface area contributed by atoms with Crippen LogP contribution in [0.1, 0.15) is 25.3 Å². The Bertz CT molecular complexity index is 934. The maximum Gasteiger partial charge on any atom is 0.217 e. The van der Waals surface area contributed by atoms with Crippen LogP contribution in [0.3, 0.4) is 0 Å². The molecule has 1 saturated heterocycles. The van der Waals surface area contributed by atoms with E-state index < -0.39 is 67.4 Å². The van der Waals surface area contributed by atoms with E-state index in [-0.39, 0.29) is 24.4 Å². The van der Waals surface area contributed by atoms with Crippen LogP contribution in [0.5, 0.6) is 5.75 Å². The van der Waals surface area contributed by atoms with Crippen LogP contribution in [0.4, 0.5) is 0 Å². The lowest BCUT2D eigenvalue weighted by Crippen LogP contribution is -2.65. The summed E-state index contributed by atoms with van der Waals surface area (Å²) in [6.45, 7) is 0.661. The maximum absolute atomic E-state index is 13.1. The van der Waals surface area contributed by atoms with Gasteiger partial charge in [-0.15, -0.1) is 0 Å². The van der Waals surface area contributed by atoms with Gasteiger partial charge in [0.1, 0.15) is 36.2 Å². The molecule has 186 valence electrons. The van der Waals surface area contributed by atoms with E-state index in [1.165, 1.54) is 25.3 Å². The fourth-order valence-corrected chi connectivity index (χ4v) is 4.78. The smallest absolute Gasteiger partial charge is 0.217 e. The van der Waals surface area contributed by atoms with Crippen molar-refractivity contribution in [2.75, 3.05) is 6.61 Å². The summed E-state index contributed by atoms with van der Waals surface area (Å²) in [4.78, 5) is 24.7. The van der Waals surface area contributed by atoms with Gasteiger partial charge in [0.05, 0.1) is 36.6 Å². The number of carbonyl (C=O) groups is 2. The molecular weight excluding hydrogens is 450 g/mol. The lowest BCUT2D eigenvalue weighted by Gasteiger charge is -2.45. The molecule has 2 heterocycles. The van der Waals surface area contributed by atoms with Crippen molar-refractivity contribution < 1.29 is 49.3 Å². The average molecular weight is 479 g/mol. The molecule has 4 rings (SSSR count). The number of nitrogens with one attached hydrogen (secondary N) is 1. The number of phenols is 1. The van der Waals surface area contributed by atoms with E-state index in [9.17, 15) is 35.1 Å². The highest BCUT2D eigenvalue weighted by Gasteiger charge is 2.50. The number of fused-ring (bicyclic) bond motifs is 1. The number of carbonyl (C=O) groups excluding carboxylic acids is 2. The number of aromatic hydroxyl groups is 1. The Morgan fingerprint density at radius 3 is 2.50 bits per heavy atom. The second kappa shape index (κ2) is 9.98. The summed E-state index contributed by atoms with van der Waals surface area (Å²) >= 11 is 0. The highest BCUT2D eigenvalue weighted by molar-refractivity contribution is 6.22. The number of benzene rings is 1. The fourth-order valence-electron chi connectivity index (χ4n) is 4.78. The summed E-state index contributed by atoms with van der Waals surface area (Å²) in [5, 5.41) is 52.8. The van der Waals surface area contributed by atoms with Crippen LogP contribution < -0.4 is 5.32 Å². The van der Waals surface area contributed by atoms with Gasteiger partial charge in [-0.3, -0.25) is 9.59 Å². The van der Waals surface area contributed by atoms with E-state index in [0.29, 0.717) is 11.1 Å². The molecule has 11 nitrogen and oxygen atoms in total. The van der Waals surface area contributed by atoms with Crippen molar-refractivity contribution in [3.05, 3.63) is 36.1 Å². The molecule has 11 heteroatoms. The van der Waals surface area contributed by atoms with Crippen LogP contribution in [-0.4, -0.2) is 92.8 Å². The van der Waals surface area contributed by atoms with E-state index >= 15 is 0 Å². The molecule has 6 N–H and O–H groups in total. The van der Waals surface area contributed by atoms with Crippen LogP contribution in [0.2, 0.25) is 0 Å². The van der Waals surface area contributed by atoms with Crippen molar-refractivity contribution in [1.82, 2.24) is 5.32 Å². The van der Waals surface area contributed by atoms with Crippen LogP contribution >= 0.6 is 0 Å². The number of allylic oxidation sites excluding steroid dienone is 1. The number of phenolic OH excluding ortho intramolecular Hbond substituents is 1. The zero-order chi connectivity index (χ0) is 24.6. The standard InChI is InChI=1S/C23H29NO10/c1-10(26)24-19-22(31)21(30)17(8-25)34-23(19)33-13-6-15(28)18-16(7-13)32-9-14(20(18)29)11-2-4-12(27)5-3-11/h2-5,9,13,15-19,21-23,25,27-28,30-31H,6-8H2,1H3,(H,24,26)/t13?,15?,16?,17-,18?,19-,21-,22-,23-/m1/s1. The van der Waals surface area contributed by atoms with Gasteiger partial charge < -0.3 is 45.1 Å². The Morgan fingerprint density at radius 1 is 1.15 bits per heavy atom. The maximum atomic E-state index is 13.1. The van der Waals surface area contributed by atoms with Gasteiger partial charge in [0.2, 0.25) is 5.91 Å². The zero-order valence-electron chi connectivity index (χ0n) is 18.5. The molecule has 1 aromatic carbocycles. The number of Topliss-reactive ketones (excluding diaryl/α,β-unsaturated/α-hetero) is 1. The van der Waals surface area contributed by atoms with E-state index in [0.717, 1.165) is 0 Å². The quantitative estimate of drug-likeness (QED) is 0.301. The average Bonchev–Trinajstić information content (AvgIpc) is 2.79. The number of ketones is 1. The number of ether oxygens (including phenoxy) is 3. The second-order valence-electron chi connectivity index (χ2n) is 8.87. The topological polar surface area (TPSA) is 175 Å². The van der Waals surface area contributed by atoms with E-state index in [1.807, 2.05) is 0 Å². The SMILES string of the molecule is CC(=O)N[C@H]1[C@H](OC2CC(O)C3C(=O)C(c4ccc(O)cc4)=COC3C2)O[C@H](CO)[C@@H](O)[C@@H]1O. The summed E-state index contributed by atoms with van der Waals surface area (Å²) in [5.41, 5.74) is 0.854. The van der Waals surface area contributed by atoms with Gasteiger partial charge >= 0.3 is 0 Å². The predicted octanol–water partition coefficient (Wildman–Crippen LogP) is -1.20. The Labute approximate surface area is 195 Å². The van der Waals surface area contributed by atoms with Gasteiger partial charge in [0.15, 0.2) is 12.1 Å². The summed E-state index contributed by atoms with van der Waals surface area (Å²) in [5.74, 6) is -1.51. The Hall–Kier alpha value is -2.54. The predicted molar refractivity (Wildman–Crippen MR) is 115 cm³/mol. The Balaban J connectivity index is 1.49. The summed E-state index contributed by atoms with van der Waals surface area (Å²) < 4.78 is 17.3. The van der Waals surface area contributed by atoms with Gasteiger partial charge in [0.25, 0.3) is 0 Å². The van der Waals surface area contributed by atoms with Crippen molar-refractivity contribution in [3.63, 3.8) is 0 Å². The molecule has 2 fully saturated rings. The van der Waals surface area contributed by atoms with E-state index in [4.69, 9.17) is 14.2 Å². The minimum absolute atomic E-state index is 0.0627. The van der Waals surface area contributed by atoms with E-state index in [1.54, 1.807) is 12.1 Å². The van der Waals surface area contributed by atoms with Gasteiger partial charge in [-0.1, -0.05) is 12.1 Å². The first-order chi connectivity index (χ1) is 16.2. The zero-order valence-corrected chi connectivity index (χ0v) is 18.5. The van der Waals surface area contributed by atoms with Crippen LogP contribution in [-0.2, 0) is 23.8 Å². The number of amides is 1. The Morgan fingerprint density at radius 2 is 1.85 bits per heavy atom. The summed E-state index contributed by atoms with van der Waals surface area (Å²) in [6, 6.07) is 4.97. The number of aliphatic hydroxyl groups is 4. The lowest BCUT2D eigenvalue weighted by atomic mass is 9.76. The van der Waals surface area contributed by atoms with Gasteiger partial charge in [0, 0.05) is 19.8 Å². The molecular formula is C23H29NO10. The Kier molecular flexibility index (Phi) is 7.22. The minimum Gasteiger partial charge on any atom is -0.508 e. The molecule has 0 radical (unpaired) electrons. The fraction of sp³-hybridized carbons (Fsp3) is 0.565. The van der Waals surface area contributed by atoms with Gasteiger partial charge in [-0.2, -0.15) is 0 Å². The molecule has 4 unspecified atom stereocenters. The first kappa shape index (κ1) is 24.6. The minimum atomic E-state index is -1.45. The van der Waals surface area contributed by atoms with Crippen molar-refractivity contribution in [2.45, 2.75) is 68.7 Å². The number of aliphatic hydroxyl groups excluding tert-OH is 4. The molecule has 3 aliphatic rings. The van der Waals surface area contributed by atoms with Gasteiger partial charge in [-0.25, -0.2) is 0 Å². The lowest BCUT2D eigenvalue weighted by molar-refractivity contribution is -0.289. The third kappa shape index (κ3) is 4.81. The third-order valence-electron chi connectivity index (χ3n) is 6.50. The normalized spacial score (nSPS) is 37.9. The van der Waals surface area contributed by atoms with Crippen molar-refractivity contribution in [2.24, 2.45) is 5.92 Å². The monoisotopic (exact) mass is 479 g/mol. The van der Waals surface area contributed by atoms with Crippen molar-refractivity contribution in [3.8, 4) is 5.75 Å². The number of hydrogen-bond donors (Lipinski definition) is 6. The molecule has 0 spiro atoms. The number of rotatable bonds is 5. The third-order valence-corrected chi connectivity index (χ3v) is 6.50. The van der Waals surface area contributed by atoms with Crippen LogP contribution in [0, 0.1) is 5.92 Å². The summed E-state index contributed by atoms with van der Waals surface area (Å²) in [6.07, 6.45) is -6.03. The molecule has 2 aliphatic heterocycles.